The summed E-state index contributed by atoms with van der Waals surface area (Å²) >= 11 is 0. The topological polar surface area (TPSA) is 62.9 Å². The highest BCUT2D eigenvalue weighted by molar-refractivity contribution is 5.94. The molecule has 7 nitrogen and oxygen atoms in total. The number of rotatable bonds is 4. The molecule has 1 aliphatic rings. The van der Waals surface area contributed by atoms with Crippen LogP contribution in [0.5, 0.6) is 0 Å². The molecule has 4 rings (SSSR count). The van der Waals surface area contributed by atoms with Crippen molar-refractivity contribution in [2.45, 2.75) is 25.4 Å². The van der Waals surface area contributed by atoms with E-state index in [1.807, 2.05) is 43.3 Å². The molecule has 1 amide bonds. The molecule has 0 spiro atoms. The van der Waals surface area contributed by atoms with Crippen molar-refractivity contribution in [1.82, 2.24) is 19.1 Å². The minimum atomic E-state index is -0.219. The summed E-state index contributed by atoms with van der Waals surface area (Å²) in [6.07, 6.45) is 2.85. The fourth-order valence-corrected chi connectivity index (χ4v) is 3.61. The first-order valence-corrected chi connectivity index (χ1v) is 9.13. The number of anilines is 1. The Morgan fingerprint density at radius 1 is 1.19 bits per heavy atom. The minimum absolute atomic E-state index is 0.0120. The van der Waals surface area contributed by atoms with Gasteiger partial charge in [0, 0.05) is 30.9 Å². The highest BCUT2D eigenvalue weighted by Gasteiger charge is 2.29. The maximum Gasteiger partial charge on any atom is 0.350 e. The zero-order valence-corrected chi connectivity index (χ0v) is 15.6. The fraction of sp³-hybridized carbons (Fsp3) is 0.350. The summed E-state index contributed by atoms with van der Waals surface area (Å²) in [5.41, 5.74) is 2.53. The Morgan fingerprint density at radius 2 is 1.96 bits per heavy atom. The third-order valence-corrected chi connectivity index (χ3v) is 5.19. The molecule has 0 fully saturated rings. The van der Waals surface area contributed by atoms with E-state index in [2.05, 4.69) is 16.1 Å². The summed E-state index contributed by atoms with van der Waals surface area (Å²) in [6.45, 7) is 0.924. The molecule has 3 heterocycles. The summed E-state index contributed by atoms with van der Waals surface area (Å²) in [5, 5.41) is 4.30. The summed E-state index contributed by atoms with van der Waals surface area (Å²) in [7, 11) is 4.08. The van der Waals surface area contributed by atoms with Crippen LogP contribution in [0.2, 0.25) is 0 Å². The lowest BCUT2D eigenvalue weighted by Crippen LogP contribution is -2.48. The second kappa shape index (κ2) is 7.00. The number of hydrogen-bond donors (Lipinski definition) is 0. The molecule has 0 N–H and O–H groups in total. The number of benzene rings is 1. The van der Waals surface area contributed by atoms with Gasteiger partial charge in [0.1, 0.15) is 0 Å². The van der Waals surface area contributed by atoms with E-state index in [1.54, 1.807) is 18.3 Å². The van der Waals surface area contributed by atoms with Crippen molar-refractivity contribution in [2.75, 3.05) is 25.5 Å². The molecule has 1 atom stereocenters. The van der Waals surface area contributed by atoms with Gasteiger partial charge < -0.3 is 9.80 Å². The Balaban J connectivity index is 1.55. The number of fused-ring (bicyclic) bond motifs is 2. The second-order valence-corrected chi connectivity index (χ2v) is 7.14. The van der Waals surface area contributed by atoms with Gasteiger partial charge in [-0.15, -0.1) is 5.10 Å². The van der Waals surface area contributed by atoms with E-state index in [1.165, 1.54) is 14.6 Å². The van der Waals surface area contributed by atoms with E-state index >= 15 is 0 Å². The Labute approximate surface area is 157 Å². The van der Waals surface area contributed by atoms with Gasteiger partial charge in [-0.1, -0.05) is 24.3 Å². The lowest BCUT2D eigenvalue weighted by atomic mass is 9.97. The molecule has 3 aromatic rings. The molecule has 0 radical (unpaired) electrons. The number of aromatic nitrogens is 3. The van der Waals surface area contributed by atoms with Crippen molar-refractivity contribution in [3.8, 4) is 0 Å². The number of amides is 1. The molecule has 7 heteroatoms. The molecule has 1 aromatic carbocycles. The molecule has 0 saturated heterocycles. The predicted molar refractivity (Wildman–Crippen MR) is 104 cm³/mol. The van der Waals surface area contributed by atoms with E-state index in [4.69, 9.17) is 0 Å². The van der Waals surface area contributed by atoms with E-state index in [-0.39, 0.29) is 30.6 Å². The zero-order valence-electron chi connectivity index (χ0n) is 15.6. The quantitative estimate of drug-likeness (QED) is 0.701. The van der Waals surface area contributed by atoms with Gasteiger partial charge in [-0.3, -0.25) is 9.20 Å². The lowest BCUT2D eigenvalue weighted by Gasteiger charge is -2.37. The van der Waals surface area contributed by atoms with Crippen LogP contribution in [-0.2, 0) is 17.8 Å². The van der Waals surface area contributed by atoms with Crippen LogP contribution in [0, 0.1) is 0 Å². The van der Waals surface area contributed by atoms with Gasteiger partial charge >= 0.3 is 5.69 Å². The van der Waals surface area contributed by atoms with Crippen LogP contribution in [0.15, 0.2) is 53.5 Å². The highest BCUT2D eigenvalue weighted by Crippen LogP contribution is 2.28. The van der Waals surface area contributed by atoms with Gasteiger partial charge in [0.25, 0.3) is 0 Å². The largest absolute Gasteiger partial charge is 0.350 e. The van der Waals surface area contributed by atoms with Crippen LogP contribution in [0.4, 0.5) is 5.69 Å². The van der Waals surface area contributed by atoms with E-state index in [0.717, 1.165) is 12.1 Å². The van der Waals surface area contributed by atoms with E-state index in [0.29, 0.717) is 12.2 Å². The first-order valence-electron chi connectivity index (χ1n) is 9.13. The average molecular weight is 365 g/mol. The van der Waals surface area contributed by atoms with Gasteiger partial charge in [-0.05, 0) is 44.3 Å². The Morgan fingerprint density at radius 3 is 2.74 bits per heavy atom. The number of nitrogens with zero attached hydrogens (tertiary/aromatic N) is 5. The molecule has 27 heavy (non-hydrogen) atoms. The minimum Gasteiger partial charge on any atom is -0.311 e. The smallest absolute Gasteiger partial charge is 0.311 e. The van der Waals surface area contributed by atoms with Gasteiger partial charge in [-0.25, -0.2) is 9.48 Å². The van der Waals surface area contributed by atoms with Crippen molar-refractivity contribution in [3.63, 3.8) is 0 Å². The fourth-order valence-electron chi connectivity index (χ4n) is 3.61. The average Bonchev–Trinajstić information content (AvgIpc) is 3.01. The number of carbonyl (C=O) groups excluding carboxylic acids is 1. The number of likely N-dealkylation sites (N-methyl/N-ethyl adjacent to an activating group) is 1. The summed E-state index contributed by atoms with van der Waals surface area (Å²) in [4.78, 5) is 29.4. The van der Waals surface area contributed by atoms with Crippen molar-refractivity contribution in [3.05, 3.63) is 64.7 Å². The molecule has 140 valence electrons. The summed E-state index contributed by atoms with van der Waals surface area (Å²) in [5.74, 6) is 0.0120. The first-order chi connectivity index (χ1) is 13.0. The summed E-state index contributed by atoms with van der Waals surface area (Å²) < 4.78 is 2.86. The third-order valence-electron chi connectivity index (χ3n) is 5.19. The molecule has 2 aromatic heterocycles. The maximum absolute atomic E-state index is 13.0. The van der Waals surface area contributed by atoms with Crippen molar-refractivity contribution in [1.29, 1.82) is 0 Å². The Kier molecular flexibility index (Phi) is 4.53. The van der Waals surface area contributed by atoms with Crippen molar-refractivity contribution in [2.24, 2.45) is 0 Å². The lowest BCUT2D eigenvalue weighted by molar-refractivity contribution is -0.119. The third kappa shape index (κ3) is 3.26. The van der Waals surface area contributed by atoms with Crippen molar-refractivity contribution < 1.29 is 4.79 Å². The molecule has 0 bridgehead atoms. The number of para-hydroxylation sites is 1. The molecule has 0 aliphatic carbocycles. The second-order valence-electron chi connectivity index (χ2n) is 7.14. The van der Waals surface area contributed by atoms with Crippen LogP contribution >= 0.6 is 0 Å². The van der Waals surface area contributed by atoms with Gasteiger partial charge in [0.15, 0.2) is 5.65 Å². The molecule has 1 aliphatic heterocycles. The van der Waals surface area contributed by atoms with E-state index < -0.39 is 0 Å². The number of aryl methyl sites for hydroxylation is 1. The normalized spacial score (nSPS) is 16.7. The number of hydrogen-bond acceptors (Lipinski definition) is 4. The van der Waals surface area contributed by atoms with Gasteiger partial charge in [0.05, 0.1) is 6.54 Å². The number of pyridine rings is 1. The Hall–Kier alpha value is -2.93. The highest BCUT2D eigenvalue weighted by atomic mass is 16.2. The number of carbonyl (C=O) groups is 1. The van der Waals surface area contributed by atoms with Crippen molar-refractivity contribution >= 4 is 17.2 Å². The molecular formula is C20H23N5O2. The molecular weight excluding hydrogens is 342 g/mol. The Bertz CT molecular complexity index is 1040. The molecule has 1 unspecified atom stereocenters. The van der Waals surface area contributed by atoms with E-state index in [9.17, 15) is 9.59 Å². The van der Waals surface area contributed by atoms with Crippen LogP contribution in [0.25, 0.3) is 5.65 Å². The predicted octanol–water partition coefficient (Wildman–Crippen LogP) is 1.41. The van der Waals surface area contributed by atoms with Gasteiger partial charge in [-0.2, -0.15) is 0 Å². The maximum atomic E-state index is 13.0. The van der Waals surface area contributed by atoms with Gasteiger partial charge in [0.2, 0.25) is 5.91 Å². The van der Waals surface area contributed by atoms with Crippen LogP contribution < -0.4 is 10.6 Å². The monoisotopic (exact) mass is 365 g/mol. The van der Waals surface area contributed by atoms with Crippen LogP contribution in [0.1, 0.15) is 12.0 Å². The molecule has 0 saturated carbocycles. The summed E-state index contributed by atoms with van der Waals surface area (Å²) in [6, 6.07) is 13.7. The first kappa shape index (κ1) is 17.5. The zero-order chi connectivity index (χ0) is 19.0. The standard InChI is InChI=1S/C20H23N5O2/c1-22(2)16-13-15-7-3-4-8-17(15)24(14-16)19(26)10-12-25-20(27)23-11-6-5-9-18(23)21-25/h3-9,11,16H,10,12-14H2,1-2H3. The van der Waals surface area contributed by atoms with Crippen LogP contribution in [-0.4, -0.2) is 51.7 Å². The SMILES string of the molecule is CN(C)C1Cc2ccccc2N(C(=O)CCn2nc3ccccn3c2=O)C1. The van der Waals surface area contributed by atoms with Crippen LogP contribution in [0.3, 0.4) is 0 Å².